The fourth-order valence-corrected chi connectivity index (χ4v) is 3.50. The predicted octanol–water partition coefficient (Wildman–Crippen LogP) is 2.21. The number of amides is 1. The predicted molar refractivity (Wildman–Crippen MR) is 87.8 cm³/mol. The summed E-state index contributed by atoms with van der Waals surface area (Å²) in [5.74, 6) is 1.75. The second kappa shape index (κ2) is 5.37. The summed E-state index contributed by atoms with van der Waals surface area (Å²) in [5, 5.41) is 12.2. The zero-order chi connectivity index (χ0) is 17.0. The number of benzene rings is 1. The van der Waals surface area contributed by atoms with E-state index >= 15 is 0 Å². The van der Waals surface area contributed by atoms with Gasteiger partial charge in [-0.15, -0.1) is 5.10 Å². The van der Waals surface area contributed by atoms with E-state index in [-0.39, 0.29) is 11.9 Å². The topological polar surface area (TPSA) is 89.9 Å². The molecule has 1 aliphatic carbocycles. The molecule has 3 aromatic rings. The maximum Gasteiger partial charge on any atom is 0.254 e. The number of fused-ring (bicyclic) bond motifs is 1. The van der Waals surface area contributed by atoms with Crippen LogP contribution in [-0.2, 0) is 7.05 Å². The quantitative estimate of drug-likeness (QED) is 0.727. The normalized spacial score (nSPS) is 20.5. The molecule has 8 heteroatoms. The third kappa shape index (κ3) is 2.40. The number of aryl methyl sites for hydroxylation is 1. The van der Waals surface area contributed by atoms with E-state index in [4.69, 9.17) is 4.52 Å². The Morgan fingerprint density at radius 3 is 3.00 bits per heavy atom. The maximum absolute atomic E-state index is 13.0. The van der Waals surface area contributed by atoms with Crippen LogP contribution in [0, 0.1) is 0 Å². The highest BCUT2D eigenvalue weighted by Crippen LogP contribution is 2.40. The lowest BCUT2D eigenvalue weighted by Crippen LogP contribution is -2.31. The lowest BCUT2D eigenvalue weighted by Gasteiger charge is -2.22. The van der Waals surface area contributed by atoms with Gasteiger partial charge in [-0.25, -0.2) is 4.68 Å². The fraction of sp³-hybridized carbons (Fsp3) is 0.471. The van der Waals surface area contributed by atoms with Crippen molar-refractivity contribution in [3.05, 3.63) is 35.5 Å². The van der Waals surface area contributed by atoms with Crippen LogP contribution in [0.25, 0.3) is 11.0 Å². The van der Waals surface area contributed by atoms with Crippen molar-refractivity contribution in [1.82, 2.24) is 30.0 Å². The molecule has 1 amide bonds. The summed E-state index contributed by atoms with van der Waals surface area (Å²) < 4.78 is 7.07. The minimum atomic E-state index is -0.110. The van der Waals surface area contributed by atoms with Gasteiger partial charge in [-0.2, -0.15) is 4.98 Å². The van der Waals surface area contributed by atoms with E-state index in [1.54, 1.807) is 10.7 Å². The summed E-state index contributed by atoms with van der Waals surface area (Å²) in [5.41, 5.74) is 2.24. The van der Waals surface area contributed by atoms with Gasteiger partial charge in [-0.1, -0.05) is 10.4 Å². The average Bonchev–Trinajstić information content (AvgIpc) is 3.04. The van der Waals surface area contributed by atoms with Crippen LogP contribution in [0.5, 0.6) is 0 Å². The van der Waals surface area contributed by atoms with Gasteiger partial charge in [0.15, 0.2) is 5.82 Å². The molecule has 1 atom stereocenters. The Bertz CT molecular complexity index is 957. The molecule has 5 rings (SSSR count). The second-order valence-corrected chi connectivity index (χ2v) is 6.84. The van der Waals surface area contributed by atoms with Crippen molar-refractivity contribution in [3.63, 3.8) is 0 Å². The van der Waals surface area contributed by atoms with Crippen LogP contribution in [0.4, 0.5) is 0 Å². The molecule has 2 aliphatic rings. The van der Waals surface area contributed by atoms with Gasteiger partial charge in [0.05, 0.1) is 11.6 Å². The molecule has 2 aromatic heterocycles. The molecule has 0 bridgehead atoms. The van der Waals surface area contributed by atoms with Crippen molar-refractivity contribution in [1.29, 1.82) is 0 Å². The first-order valence-corrected chi connectivity index (χ1v) is 8.64. The highest BCUT2D eigenvalue weighted by atomic mass is 16.5. The highest BCUT2D eigenvalue weighted by molar-refractivity contribution is 5.97. The lowest BCUT2D eigenvalue weighted by molar-refractivity contribution is 0.0728. The van der Waals surface area contributed by atoms with Crippen molar-refractivity contribution in [2.24, 2.45) is 7.05 Å². The molecule has 8 nitrogen and oxygen atoms in total. The summed E-state index contributed by atoms with van der Waals surface area (Å²) in [7, 11) is 1.83. The number of nitrogens with zero attached hydrogens (tertiary/aromatic N) is 6. The Hall–Kier alpha value is -2.77. The number of hydrogen-bond donors (Lipinski definition) is 0. The SMILES string of the molecule is Cn1nnc2cc(C(=O)N3CCC[C@H]3c3noc(C4CC4)n3)ccc21. The van der Waals surface area contributed by atoms with Crippen LogP contribution in [0.15, 0.2) is 22.7 Å². The van der Waals surface area contributed by atoms with E-state index in [2.05, 4.69) is 20.5 Å². The minimum Gasteiger partial charge on any atom is -0.339 e. The third-order valence-corrected chi connectivity index (χ3v) is 5.05. The van der Waals surface area contributed by atoms with E-state index in [1.807, 2.05) is 24.1 Å². The van der Waals surface area contributed by atoms with Gasteiger partial charge >= 0.3 is 0 Å². The molecule has 1 aromatic carbocycles. The number of aromatic nitrogens is 5. The Labute approximate surface area is 143 Å². The molecule has 128 valence electrons. The van der Waals surface area contributed by atoms with E-state index < -0.39 is 0 Å². The molecular weight excluding hydrogens is 320 g/mol. The van der Waals surface area contributed by atoms with Crippen molar-refractivity contribution >= 4 is 16.9 Å². The van der Waals surface area contributed by atoms with Crippen LogP contribution < -0.4 is 0 Å². The zero-order valence-electron chi connectivity index (χ0n) is 13.9. The van der Waals surface area contributed by atoms with Crippen LogP contribution in [0.1, 0.15) is 59.7 Å². The summed E-state index contributed by atoms with van der Waals surface area (Å²) in [6.07, 6.45) is 4.04. The van der Waals surface area contributed by atoms with Crippen LogP contribution in [-0.4, -0.2) is 42.5 Å². The van der Waals surface area contributed by atoms with Crippen LogP contribution in [0.2, 0.25) is 0 Å². The van der Waals surface area contributed by atoms with Gasteiger partial charge in [-0.3, -0.25) is 4.79 Å². The van der Waals surface area contributed by atoms with Gasteiger partial charge in [0.25, 0.3) is 5.91 Å². The number of likely N-dealkylation sites (tertiary alicyclic amines) is 1. The van der Waals surface area contributed by atoms with Gasteiger partial charge < -0.3 is 9.42 Å². The number of carbonyl (C=O) groups is 1. The number of hydrogen-bond acceptors (Lipinski definition) is 6. The van der Waals surface area contributed by atoms with Crippen molar-refractivity contribution in [2.45, 2.75) is 37.6 Å². The van der Waals surface area contributed by atoms with Gasteiger partial charge in [0.2, 0.25) is 5.89 Å². The molecule has 1 aliphatic heterocycles. The minimum absolute atomic E-state index is 0.0205. The van der Waals surface area contributed by atoms with Crippen molar-refractivity contribution < 1.29 is 9.32 Å². The smallest absolute Gasteiger partial charge is 0.254 e. The number of carbonyl (C=O) groups excluding carboxylic acids is 1. The van der Waals surface area contributed by atoms with E-state index in [0.29, 0.717) is 23.9 Å². The monoisotopic (exact) mass is 338 g/mol. The standard InChI is InChI=1S/C17H18N6O2/c1-22-13-7-6-11(9-12(13)19-21-22)17(24)23-8-2-3-14(23)15-18-16(25-20-15)10-4-5-10/h6-7,9-10,14H,2-5,8H2,1H3/t14-/m0/s1. The first kappa shape index (κ1) is 14.6. The number of rotatable bonds is 3. The molecule has 0 unspecified atom stereocenters. The summed E-state index contributed by atoms with van der Waals surface area (Å²) in [6.45, 7) is 0.704. The highest BCUT2D eigenvalue weighted by Gasteiger charge is 2.36. The second-order valence-electron chi connectivity index (χ2n) is 6.84. The summed E-state index contributed by atoms with van der Waals surface area (Å²) in [4.78, 5) is 19.4. The van der Waals surface area contributed by atoms with E-state index in [1.165, 1.54) is 0 Å². The first-order chi connectivity index (χ1) is 12.2. The molecule has 3 heterocycles. The molecule has 25 heavy (non-hydrogen) atoms. The van der Waals surface area contributed by atoms with Crippen molar-refractivity contribution in [3.8, 4) is 0 Å². The van der Waals surface area contributed by atoms with Crippen molar-refractivity contribution in [2.75, 3.05) is 6.54 Å². The Balaban J connectivity index is 1.43. The fourth-order valence-electron chi connectivity index (χ4n) is 3.50. The van der Waals surface area contributed by atoms with Gasteiger partial charge in [0.1, 0.15) is 5.52 Å². The third-order valence-electron chi connectivity index (χ3n) is 5.05. The van der Waals surface area contributed by atoms with E-state index in [0.717, 1.165) is 42.6 Å². The van der Waals surface area contributed by atoms with Gasteiger partial charge in [0, 0.05) is 25.1 Å². The maximum atomic E-state index is 13.0. The van der Waals surface area contributed by atoms with Crippen LogP contribution in [0.3, 0.4) is 0 Å². The molecule has 1 saturated carbocycles. The molecule has 2 fully saturated rings. The Kier molecular flexibility index (Phi) is 3.13. The van der Waals surface area contributed by atoms with Crippen LogP contribution >= 0.6 is 0 Å². The first-order valence-electron chi connectivity index (χ1n) is 8.64. The molecule has 0 spiro atoms. The molecule has 1 saturated heterocycles. The molecular formula is C17H18N6O2. The largest absolute Gasteiger partial charge is 0.339 e. The Morgan fingerprint density at radius 1 is 1.28 bits per heavy atom. The molecule has 0 N–H and O–H groups in total. The summed E-state index contributed by atoms with van der Waals surface area (Å²) in [6, 6.07) is 5.40. The molecule has 0 radical (unpaired) electrons. The average molecular weight is 338 g/mol. The summed E-state index contributed by atoms with van der Waals surface area (Å²) >= 11 is 0. The zero-order valence-corrected chi connectivity index (χ0v) is 13.9. The Morgan fingerprint density at radius 2 is 2.16 bits per heavy atom. The lowest BCUT2D eigenvalue weighted by atomic mass is 10.1. The van der Waals surface area contributed by atoms with E-state index in [9.17, 15) is 4.79 Å². The van der Waals surface area contributed by atoms with Gasteiger partial charge in [-0.05, 0) is 43.9 Å².